The number of benzene rings is 1. The molecule has 1 aromatic rings. The predicted molar refractivity (Wildman–Crippen MR) is 85.0 cm³/mol. The number of carbonyl (C=O) groups excluding carboxylic acids is 2. The summed E-state index contributed by atoms with van der Waals surface area (Å²) in [7, 11) is 1.57. The van der Waals surface area contributed by atoms with E-state index in [9.17, 15) is 9.59 Å². The first kappa shape index (κ1) is 18.8. The number of hydrogen-bond donors (Lipinski definition) is 1. The minimum absolute atomic E-state index is 0.211. The number of nitrogens with one attached hydrogen (secondary N) is 1. The van der Waals surface area contributed by atoms with Gasteiger partial charge in [0.15, 0.2) is 5.75 Å². The normalized spacial score (nSPS) is 10.8. The molecule has 1 N–H and O–H groups in total. The van der Waals surface area contributed by atoms with Crippen molar-refractivity contribution in [2.45, 2.75) is 33.3 Å². The zero-order chi connectivity index (χ0) is 17.5. The fourth-order valence-electron chi connectivity index (χ4n) is 1.60. The van der Waals surface area contributed by atoms with Gasteiger partial charge in [0.05, 0.1) is 12.3 Å². The largest absolute Gasteiger partial charge is 0.491 e. The van der Waals surface area contributed by atoms with Crippen LogP contribution in [0.2, 0.25) is 0 Å². The summed E-state index contributed by atoms with van der Waals surface area (Å²) in [6.45, 7) is 7.33. The molecule has 0 aliphatic rings. The molecule has 0 bridgehead atoms. The summed E-state index contributed by atoms with van der Waals surface area (Å²) in [5.74, 6) is 0.219. The van der Waals surface area contributed by atoms with Crippen LogP contribution in [0.4, 0.5) is 10.5 Å². The maximum Gasteiger partial charge on any atom is 0.412 e. The van der Waals surface area contributed by atoms with Crippen LogP contribution in [-0.4, -0.2) is 38.0 Å². The van der Waals surface area contributed by atoms with Crippen molar-refractivity contribution in [2.24, 2.45) is 0 Å². The van der Waals surface area contributed by atoms with Crippen molar-refractivity contribution in [1.82, 2.24) is 0 Å². The topological polar surface area (TPSA) is 83.1 Å². The Kier molecular flexibility index (Phi) is 6.84. The first-order valence-electron chi connectivity index (χ1n) is 7.15. The van der Waals surface area contributed by atoms with Crippen LogP contribution in [0.3, 0.4) is 0 Å². The Bertz CT molecular complexity index is 550. The molecule has 0 aromatic heterocycles. The highest BCUT2D eigenvalue weighted by atomic mass is 16.6. The molecule has 7 nitrogen and oxygen atoms in total. The van der Waals surface area contributed by atoms with E-state index in [1.165, 1.54) is 13.0 Å². The molecule has 0 spiro atoms. The van der Waals surface area contributed by atoms with Gasteiger partial charge in [-0.15, -0.1) is 0 Å². The Morgan fingerprint density at radius 2 is 1.87 bits per heavy atom. The van der Waals surface area contributed by atoms with Crippen molar-refractivity contribution in [3.63, 3.8) is 0 Å². The summed E-state index contributed by atoms with van der Waals surface area (Å²) in [6, 6.07) is 4.72. The van der Waals surface area contributed by atoms with Crippen LogP contribution in [0.5, 0.6) is 11.5 Å². The van der Waals surface area contributed by atoms with Crippen LogP contribution < -0.4 is 14.8 Å². The number of carbonyl (C=O) groups is 2. The smallest absolute Gasteiger partial charge is 0.412 e. The zero-order valence-electron chi connectivity index (χ0n) is 14.1. The molecule has 1 amide bonds. The Labute approximate surface area is 135 Å². The van der Waals surface area contributed by atoms with Gasteiger partial charge in [-0.2, -0.15) is 0 Å². The van der Waals surface area contributed by atoms with E-state index in [0.717, 1.165) is 0 Å². The molecule has 0 radical (unpaired) electrons. The van der Waals surface area contributed by atoms with Crippen molar-refractivity contribution in [3.8, 4) is 11.5 Å². The zero-order valence-corrected chi connectivity index (χ0v) is 14.1. The van der Waals surface area contributed by atoms with E-state index in [2.05, 4.69) is 5.32 Å². The van der Waals surface area contributed by atoms with E-state index in [1.807, 2.05) is 0 Å². The number of methoxy groups -OCH3 is 1. The molecule has 1 rings (SSSR count). The Balaban J connectivity index is 2.91. The van der Waals surface area contributed by atoms with Crippen LogP contribution in [0.15, 0.2) is 18.2 Å². The lowest BCUT2D eigenvalue weighted by Crippen LogP contribution is -2.27. The number of esters is 1. The minimum Gasteiger partial charge on any atom is -0.491 e. The van der Waals surface area contributed by atoms with Gasteiger partial charge >= 0.3 is 12.1 Å². The highest BCUT2D eigenvalue weighted by molar-refractivity contribution is 5.88. The van der Waals surface area contributed by atoms with Gasteiger partial charge in [-0.1, -0.05) is 0 Å². The lowest BCUT2D eigenvalue weighted by molar-refractivity contribution is -0.131. The van der Waals surface area contributed by atoms with Crippen molar-refractivity contribution in [1.29, 1.82) is 0 Å². The highest BCUT2D eigenvalue weighted by Crippen LogP contribution is 2.30. The number of amides is 1. The van der Waals surface area contributed by atoms with Crippen molar-refractivity contribution in [2.75, 3.05) is 25.6 Å². The minimum atomic E-state index is -0.653. The molecule has 1 aromatic carbocycles. The van der Waals surface area contributed by atoms with Gasteiger partial charge in [0, 0.05) is 20.1 Å². The second kappa shape index (κ2) is 8.38. The average Bonchev–Trinajstić information content (AvgIpc) is 2.39. The van der Waals surface area contributed by atoms with Gasteiger partial charge < -0.3 is 18.9 Å². The fourth-order valence-corrected chi connectivity index (χ4v) is 1.60. The fraction of sp³-hybridized carbons (Fsp3) is 0.500. The third kappa shape index (κ3) is 7.51. The predicted octanol–water partition coefficient (Wildman–Crippen LogP) is 2.98. The summed E-state index contributed by atoms with van der Waals surface area (Å²) in [5.41, 5.74) is -0.359. The van der Waals surface area contributed by atoms with Crippen LogP contribution in [0, 0.1) is 0 Å². The summed E-state index contributed by atoms with van der Waals surface area (Å²) in [4.78, 5) is 23.1. The number of hydrogen-bond acceptors (Lipinski definition) is 6. The standard InChI is InChI=1S/C16H23NO6/c1-11(18)22-14-7-6-12(21-9-8-20-5)10-13(14)17-15(19)23-16(2,3)4/h6-7,10H,8-9H2,1-5H3,(H,17,19). The van der Waals surface area contributed by atoms with Gasteiger partial charge in [0.2, 0.25) is 0 Å². The van der Waals surface area contributed by atoms with Crippen LogP contribution >= 0.6 is 0 Å². The van der Waals surface area contributed by atoms with E-state index in [-0.39, 0.29) is 11.4 Å². The molecule has 0 aliphatic heterocycles. The molecule has 0 saturated carbocycles. The third-order valence-electron chi connectivity index (χ3n) is 2.40. The van der Waals surface area contributed by atoms with Gasteiger partial charge in [0.1, 0.15) is 18.0 Å². The Hall–Kier alpha value is -2.28. The Morgan fingerprint density at radius 1 is 1.17 bits per heavy atom. The molecular weight excluding hydrogens is 302 g/mol. The maximum atomic E-state index is 11.9. The molecule has 0 unspecified atom stereocenters. The van der Waals surface area contributed by atoms with Crippen molar-refractivity contribution >= 4 is 17.7 Å². The number of ether oxygens (including phenoxy) is 4. The van der Waals surface area contributed by atoms with Crippen LogP contribution in [0.25, 0.3) is 0 Å². The lowest BCUT2D eigenvalue weighted by atomic mass is 10.2. The van der Waals surface area contributed by atoms with E-state index in [0.29, 0.717) is 19.0 Å². The van der Waals surface area contributed by atoms with E-state index in [1.54, 1.807) is 40.0 Å². The molecule has 0 fully saturated rings. The molecule has 23 heavy (non-hydrogen) atoms. The molecule has 128 valence electrons. The number of rotatable bonds is 6. The Morgan fingerprint density at radius 3 is 2.43 bits per heavy atom. The second-order valence-electron chi connectivity index (χ2n) is 5.72. The van der Waals surface area contributed by atoms with E-state index >= 15 is 0 Å². The second-order valence-corrected chi connectivity index (χ2v) is 5.72. The summed E-state index contributed by atoms with van der Waals surface area (Å²) in [6.07, 6.45) is -0.653. The maximum absolute atomic E-state index is 11.9. The van der Waals surface area contributed by atoms with Gasteiger partial charge in [0.25, 0.3) is 0 Å². The third-order valence-corrected chi connectivity index (χ3v) is 2.40. The monoisotopic (exact) mass is 325 g/mol. The summed E-state index contributed by atoms with van der Waals surface area (Å²) in [5, 5.41) is 2.55. The first-order chi connectivity index (χ1) is 10.7. The van der Waals surface area contributed by atoms with Crippen molar-refractivity contribution in [3.05, 3.63) is 18.2 Å². The van der Waals surface area contributed by atoms with Crippen LogP contribution in [0.1, 0.15) is 27.7 Å². The highest BCUT2D eigenvalue weighted by Gasteiger charge is 2.18. The molecule has 7 heteroatoms. The molecule has 0 saturated heterocycles. The number of anilines is 1. The molecule has 0 aliphatic carbocycles. The first-order valence-corrected chi connectivity index (χ1v) is 7.15. The summed E-state index contributed by atoms with van der Waals surface area (Å²) < 4.78 is 20.6. The molecule has 0 heterocycles. The van der Waals surface area contributed by atoms with Crippen molar-refractivity contribution < 1.29 is 28.5 Å². The van der Waals surface area contributed by atoms with Crippen LogP contribution in [-0.2, 0) is 14.3 Å². The van der Waals surface area contributed by atoms with Gasteiger partial charge in [-0.05, 0) is 32.9 Å². The van der Waals surface area contributed by atoms with E-state index < -0.39 is 17.7 Å². The SMILES string of the molecule is COCCOc1ccc(OC(C)=O)c(NC(=O)OC(C)(C)C)c1. The molecule has 0 atom stereocenters. The van der Waals surface area contributed by atoms with Gasteiger partial charge in [-0.3, -0.25) is 10.1 Å². The lowest BCUT2D eigenvalue weighted by Gasteiger charge is -2.20. The average molecular weight is 325 g/mol. The molecular formula is C16H23NO6. The van der Waals surface area contributed by atoms with Gasteiger partial charge in [-0.25, -0.2) is 4.79 Å². The summed E-state index contributed by atoms with van der Waals surface area (Å²) >= 11 is 0. The van der Waals surface area contributed by atoms with E-state index in [4.69, 9.17) is 18.9 Å². The quantitative estimate of drug-likeness (QED) is 0.492.